The summed E-state index contributed by atoms with van der Waals surface area (Å²) >= 11 is 5.85. The highest BCUT2D eigenvalue weighted by molar-refractivity contribution is 6.31. The van der Waals surface area contributed by atoms with Crippen LogP contribution in [0, 0.1) is 11.3 Å². The quantitative estimate of drug-likeness (QED) is 0.690. The molecule has 0 aliphatic heterocycles. The van der Waals surface area contributed by atoms with Crippen LogP contribution in [0.2, 0.25) is 5.02 Å². The Morgan fingerprint density at radius 1 is 1.26 bits per heavy atom. The van der Waals surface area contributed by atoms with E-state index in [2.05, 4.69) is 4.98 Å². The highest BCUT2D eigenvalue weighted by Gasteiger charge is 2.25. The number of ketones is 1. The van der Waals surface area contributed by atoms with Gasteiger partial charge in [-0.1, -0.05) is 17.7 Å². The molecule has 0 aliphatic rings. The maximum absolute atomic E-state index is 12.5. The van der Waals surface area contributed by atoms with Crippen LogP contribution < -0.4 is 5.43 Å². The molecular formula is C17H9ClN2O3. The van der Waals surface area contributed by atoms with E-state index in [1.54, 1.807) is 24.3 Å². The molecule has 5 nitrogen and oxygen atoms in total. The molecule has 1 aromatic carbocycles. The van der Waals surface area contributed by atoms with E-state index in [0.29, 0.717) is 10.7 Å². The Kier molecular flexibility index (Phi) is 3.92. The van der Waals surface area contributed by atoms with E-state index in [1.165, 1.54) is 18.3 Å². The second kappa shape index (κ2) is 6.03. The van der Waals surface area contributed by atoms with Gasteiger partial charge in [0, 0.05) is 17.3 Å². The van der Waals surface area contributed by atoms with Gasteiger partial charge in [0.2, 0.25) is 5.78 Å². The van der Waals surface area contributed by atoms with Crippen molar-refractivity contribution in [1.29, 1.82) is 5.26 Å². The maximum Gasteiger partial charge on any atom is 0.221 e. The molecule has 0 saturated carbocycles. The minimum Gasteiger partial charge on any atom is -0.453 e. The highest BCUT2D eigenvalue weighted by Crippen LogP contribution is 2.22. The van der Waals surface area contributed by atoms with E-state index >= 15 is 0 Å². The number of hydrogen-bond acceptors (Lipinski definition) is 5. The normalized spacial score (nSPS) is 11.8. The SMILES string of the molecule is N#C[C@H](C(=O)c1cc(=O)c2cc(Cl)ccc2o1)c1ccccn1. The predicted octanol–water partition coefficient (Wildman–Crippen LogP) is 3.33. The number of benzene rings is 1. The first kappa shape index (κ1) is 14.9. The van der Waals surface area contributed by atoms with Crippen molar-refractivity contribution in [3.8, 4) is 6.07 Å². The van der Waals surface area contributed by atoms with Crippen molar-refractivity contribution in [2.45, 2.75) is 5.92 Å². The van der Waals surface area contributed by atoms with Gasteiger partial charge in [0.05, 0.1) is 17.1 Å². The summed E-state index contributed by atoms with van der Waals surface area (Å²) in [5.74, 6) is -1.92. The van der Waals surface area contributed by atoms with Crippen molar-refractivity contribution in [1.82, 2.24) is 4.98 Å². The van der Waals surface area contributed by atoms with Crippen LogP contribution in [0.4, 0.5) is 0 Å². The average molecular weight is 325 g/mol. The second-order valence-corrected chi connectivity index (χ2v) is 5.23. The Bertz CT molecular complexity index is 990. The van der Waals surface area contributed by atoms with Gasteiger partial charge in [-0.3, -0.25) is 14.6 Å². The van der Waals surface area contributed by atoms with Crippen molar-refractivity contribution in [2.75, 3.05) is 0 Å². The summed E-state index contributed by atoms with van der Waals surface area (Å²) in [6.07, 6.45) is 1.49. The molecule has 3 aromatic rings. The van der Waals surface area contributed by atoms with Crippen LogP contribution >= 0.6 is 11.6 Å². The molecular weight excluding hydrogens is 316 g/mol. The van der Waals surface area contributed by atoms with Gasteiger partial charge in [-0.25, -0.2) is 0 Å². The summed E-state index contributed by atoms with van der Waals surface area (Å²) in [5.41, 5.74) is 0.150. The average Bonchev–Trinajstić information content (AvgIpc) is 2.57. The van der Waals surface area contributed by atoms with Crippen molar-refractivity contribution < 1.29 is 9.21 Å². The highest BCUT2D eigenvalue weighted by atomic mass is 35.5. The number of halogens is 1. The van der Waals surface area contributed by atoms with E-state index in [9.17, 15) is 14.9 Å². The molecule has 0 unspecified atom stereocenters. The first-order chi connectivity index (χ1) is 11.1. The lowest BCUT2D eigenvalue weighted by Gasteiger charge is -2.07. The van der Waals surface area contributed by atoms with Gasteiger partial charge < -0.3 is 4.42 Å². The van der Waals surface area contributed by atoms with Crippen molar-refractivity contribution in [3.05, 3.63) is 75.4 Å². The number of nitriles is 1. The zero-order chi connectivity index (χ0) is 16.4. The number of carbonyl (C=O) groups excluding carboxylic acids is 1. The van der Waals surface area contributed by atoms with Gasteiger partial charge in [-0.05, 0) is 30.3 Å². The zero-order valence-electron chi connectivity index (χ0n) is 11.7. The van der Waals surface area contributed by atoms with Crippen LogP contribution in [0.3, 0.4) is 0 Å². The molecule has 23 heavy (non-hydrogen) atoms. The zero-order valence-corrected chi connectivity index (χ0v) is 12.4. The summed E-state index contributed by atoms with van der Waals surface area (Å²) in [7, 11) is 0. The topological polar surface area (TPSA) is 84.0 Å². The van der Waals surface area contributed by atoms with E-state index in [-0.39, 0.29) is 16.7 Å². The fourth-order valence-corrected chi connectivity index (χ4v) is 2.37. The van der Waals surface area contributed by atoms with Gasteiger partial charge in [0.1, 0.15) is 5.58 Å². The lowest BCUT2D eigenvalue weighted by molar-refractivity contribution is 0.0951. The molecule has 0 saturated heterocycles. The number of aromatic nitrogens is 1. The van der Waals surface area contributed by atoms with E-state index in [4.69, 9.17) is 16.0 Å². The van der Waals surface area contributed by atoms with Crippen molar-refractivity contribution >= 4 is 28.4 Å². The third kappa shape index (κ3) is 2.85. The monoisotopic (exact) mass is 324 g/mol. The first-order valence-corrected chi connectivity index (χ1v) is 7.06. The van der Waals surface area contributed by atoms with E-state index in [0.717, 1.165) is 6.07 Å². The predicted molar refractivity (Wildman–Crippen MR) is 84.4 cm³/mol. The summed E-state index contributed by atoms with van der Waals surface area (Å²) in [5, 5.41) is 9.96. The van der Waals surface area contributed by atoms with Crippen LogP contribution in [0.25, 0.3) is 11.0 Å². The second-order valence-electron chi connectivity index (χ2n) is 4.80. The fraction of sp³-hybridized carbons (Fsp3) is 0.0588. The molecule has 0 fully saturated rings. The number of carbonyl (C=O) groups is 1. The van der Waals surface area contributed by atoms with Crippen LogP contribution in [0.1, 0.15) is 22.2 Å². The molecule has 0 amide bonds. The molecule has 112 valence electrons. The number of fused-ring (bicyclic) bond motifs is 1. The number of hydrogen-bond donors (Lipinski definition) is 0. The van der Waals surface area contributed by atoms with Gasteiger partial charge in [-0.2, -0.15) is 5.26 Å². The van der Waals surface area contributed by atoms with Crippen molar-refractivity contribution in [3.63, 3.8) is 0 Å². The summed E-state index contributed by atoms with van der Waals surface area (Å²) in [6.45, 7) is 0. The standard InChI is InChI=1S/C17H9ClN2O3/c18-10-4-5-15-11(7-10)14(21)8-16(23-15)17(22)12(9-19)13-3-1-2-6-20-13/h1-8,12H/t12-/m0/s1. The molecule has 6 heteroatoms. The lowest BCUT2D eigenvalue weighted by Crippen LogP contribution is -2.15. The van der Waals surface area contributed by atoms with Crippen molar-refractivity contribution in [2.24, 2.45) is 0 Å². The smallest absolute Gasteiger partial charge is 0.221 e. The third-order valence-electron chi connectivity index (χ3n) is 3.31. The van der Waals surface area contributed by atoms with Gasteiger partial charge in [0.15, 0.2) is 17.1 Å². The van der Waals surface area contributed by atoms with E-state index in [1.807, 2.05) is 6.07 Å². The lowest BCUT2D eigenvalue weighted by atomic mass is 9.99. The largest absolute Gasteiger partial charge is 0.453 e. The molecule has 0 N–H and O–H groups in total. The minimum atomic E-state index is -1.14. The summed E-state index contributed by atoms with van der Waals surface area (Å²) in [6, 6.07) is 12.5. The van der Waals surface area contributed by atoms with E-state index < -0.39 is 17.1 Å². The molecule has 0 bridgehead atoms. The Morgan fingerprint density at radius 3 is 2.78 bits per heavy atom. The molecule has 0 spiro atoms. The minimum absolute atomic E-state index is 0.179. The Hall–Kier alpha value is -2.97. The fourth-order valence-electron chi connectivity index (χ4n) is 2.20. The van der Waals surface area contributed by atoms with Crippen LogP contribution in [-0.4, -0.2) is 10.8 Å². The van der Waals surface area contributed by atoms with Crippen LogP contribution in [0.5, 0.6) is 0 Å². The Morgan fingerprint density at radius 2 is 2.09 bits per heavy atom. The maximum atomic E-state index is 12.5. The summed E-state index contributed by atoms with van der Waals surface area (Å²) < 4.78 is 5.48. The third-order valence-corrected chi connectivity index (χ3v) is 3.54. The molecule has 0 radical (unpaired) electrons. The Labute approximate surface area is 135 Å². The van der Waals surface area contributed by atoms with Crippen LogP contribution in [-0.2, 0) is 0 Å². The number of Topliss-reactive ketones (excluding diaryl/α,β-unsaturated/α-hetero) is 1. The molecule has 1 atom stereocenters. The Balaban J connectivity index is 2.09. The molecule has 2 aromatic heterocycles. The molecule has 0 aliphatic carbocycles. The molecule has 3 rings (SSSR count). The number of pyridine rings is 1. The van der Waals surface area contributed by atoms with Gasteiger partial charge in [0.25, 0.3) is 0 Å². The molecule has 2 heterocycles. The van der Waals surface area contributed by atoms with Crippen LogP contribution in [0.15, 0.2) is 57.9 Å². The number of nitrogens with zero attached hydrogens (tertiary/aromatic N) is 2. The summed E-state index contributed by atoms with van der Waals surface area (Å²) in [4.78, 5) is 28.7. The van der Waals surface area contributed by atoms with Gasteiger partial charge in [-0.15, -0.1) is 0 Å². The first-order valence-electron chi connectivity index (χ1n) is 6.68. The van der Waals surface area contributed by atoms with Gasteiger partial charge >= 0.3 is 0 Å². The number of rotatable bonds is 3.